The molecule has 0 spiro atoms. The van der Waals surface area contributed by atoms with Crippen LogP contribution in [0.3, 0.4) is 0 Å². The van der Waals surface area contributed by atoms with Crippen LogP contribution in [0.5, 0.6) is 0 Å². The number of nitrogens with zero attached hydrogens (tertiary/aromatic N) is 1. The van der Waals surface area contributed by atoms with E-state index in [1.165, 1.54) is 69.5 Å². The largest absolute Gasteiger partial charge is 0.449 e. The lowest BCUT2D eigenvalue weighted by atomic mass is 10.1. The van der Waals surface area contributed by atoms with Crippen LogP contribution >= 0.6 is 11.8 Å². The van der Waals surface area contributed by atoms with Gasteiger partial charge < -0.3 is 9.15 Å². The van der Waals surface area contributed by atoms with E-state index in [1.807, 2.05) is 36.6 Å². The first-order chi connectivity index (χ1) is 14.7. The van der Waals surface area contributed by atoms with E-state index in [0.717, 1.165) is 18.4 Å². The minimum atomic E-state index is -0.542. The van der Waals surface area contributed by atoms with E-state index < -0.39 is 6.10 Å². The van der Waals surface area contributed by atoms with Crippen molar-refractivity contribution in [3.8, 4) is 0 Å². The fourth-order valence-corrected chi connectivity index (χ4v) is 3.87. The highest BCUT2D eigenvalue weighted by Gasteiger charge is 2.23. The Labute approximate surface area is 186 Å². The molecule has 0 fully saturated rings. The smallest absolute Gasteiger partial charge is 0.306 e. The monoisotopic (exact) mass is 431 g/mol. The van der Waals surface area contributed by atoms with Gasteiger partial charge in [-0.15, -0.1) is 0 Å². The summed E-state index contributed by atoms with van der Waals surface area (Å²) in [5.74, 6) is 0.389. The third kappa shape index (κ3) is 9.38. The molecule has 2 aromatic rings. The third-order valence-corrected chi connectivity index (χ3v) is 5.81. The van der Waals surface area contributed by atoms with Crippen LogP contribution in [0.15, 0.2) is 46.2 Å². The number of ether oxygens (including phenoxy) is 1. The van der Waals surface area contributed by atoms with Gasteiger partial charge in [-0.3, -0.25) is 4.79 Å². The van der Waals surface area contributed by atoms with E-state index in [2.05, 4.69) is 11.9 Å². The zero-order valence-corrected chi connectivity index (χ0v) is 19.4. The van der Waals surface area contributed by atoms with Crippen LogP contribution in [0.1, 0.15) is 101 Å². The Kier molecular flexibility index (Phi) is 12.4. The quantitative estimate of drug-likeness (QED) is 0.155. The van der Waals surface area contributed by atoms with Gasteiger partial charge in [-0.25, -0.2) is 4.98 Å². The predicted octanol–water partition coefficient (Wildman–Crippen LogP) is 7.73. The molecule has 4 nitrogen and oxygen atoms in total. The average molecular weight is 432 g/mol. The number of benzene rings is 1. The molecule has 1 heterocycles. The van der Waals surface area contributed by atoms with Crippen molar-refractivity contribution in [3.63, 3.8) is 0 Å². The number of esters is 1. The van der Waals surface area contributed by atoms with E-state index in [1.54, 1.807) is 6.20 Å². The van der Waals surface area contributed by atoms with Crippen molar-refractivity contribution in [1.29, 1.82) is 0 Å². The van der Waals surface area contributed by atoms with Crippen LogP contribution in [0.25, 0.3) is 0 Å². The number of thioether (sulfide) groups is 1. The first kappa shape index (κ1) is 24.5. The summed E-state index contributed by atoms with van der Waals surface area (Å²) in [5.41, 5.74) is 0.897. The normalized spacial score (nSPS) is 12.1. The molecule has 0 bridgehead atoms. The van der Waals surface area contributed by atoms with Gasteiger partial charge in [0.2, 0.25) is 0 Å². The van der Waals surface area contributed by atoms with Crippen molar-refractivity contribution in [3.05, 3.63) is 47.9 Å². The number of carbonyl (C=O) groups excluding carboxylic acids is 1. The highest BCUT2D eigenvalue weighted by Crippen LogP contribution is 2.29. The van der Waals surface area contributed by atoms with Gasteiger partial charge in [-0.05, 0) is 12.7 Å². The van der Waals surface area contributed by atoms with Gasteiger partial charge in [0.05, 0.1) is 6.20 Å². The first-order valence-corrected chi connectivity index (χ1v) is 12.7. The fourth-order valence-electron chi connectivity index (χ4n) is 3.53. The van der Waals surface area contributed by atoms with Gasteiger partial charge in [0.25, 0.3) is 5.22 Å². The third-order valence-electron chi connectivity index (χ3n) is 5.27. The lowest BCUT2D eigenvalue weighted by Gasteiger charge is -2.16. The maximum atomic E-state index is 12.4. The van der Waals surface area contributed by atoms with E-state index in [-0.39, 0.29) is 5.97 Å². The summed E-state index contributed by atoms with van der Waals surface area (Å²) in [6, 6.07) is 9.71. The second kappa shape index (κ2) is 15.1. The average Bonchev–Trinajstić information content (AvgIpc) is 3.25. The lowest BCUT2D eigenvalue weighted by molar-refractivity contribution is -0.148. The van der Waals surface area contributed by atoms with Crippen molar-refractivity contribution < 1.29 is 13.9 Å². The molecule has 166 valence electrons. The van der Waals surface area contributed by atoms with Crippen molar-refractivity contribution in [2.45, 2.75) is 95.3 Å². The molecule has 0 aliphatic carbocycles. The Morgan fingerprint density at radius 2 is 1.57 bits per heavy atom. The summed E-state index contributed by atoms with van der Waals surface area (Å²) in [4.78, 5) is 16.7. The molecule has 1 unspecified atom stereocenters. The van der Waals surface area contributed by atoms with Crippen LogP contribution in [-0.2, 0) is 9.53 Å². The lowest BCUT2D eigenvalue weighted by Crippen LogP contribution is -2.12. The zero-order valence-electron chi connectivity index (χ0n) is 18.6. The van der Waals surface area contributed by atoms with Crippen molar-refractivity contribution in [1.82, 2.24) is 4.98 Å². The molecular formula is C25H37NO3S. The maximum absolute atomic E-state index is 12.4. The van der Waals surface area contributed by atoms with Crippen LogP contribution in [0, 0.1) is 0 Å². The van der Waals surface area contributed by atoms with Crippen LogP contribution in [0.4, 0.5) is 0 Å². The summed E-state index contributed by atoms with van der Waals surface area (Å²) in [7, 11) is 0. The first-order valence-electron chi connectivity index (χ1n) is 11.5. The van der Waals surface area contributed by atoms with E-state index in [9.17, 15) is 4.79 Å². The standard InChI is InChI=1S/C25H37NO3S/c1-3-4-5-6-7-8-9-10-11-12-16-19-23(27)29-24(21-17-14-13-15-18-21)22-20-26-25(28-22)30-2/h13-15,17-18,20,24H,3-12,16,19H2,1-2H3. The molecule has 0 aliphatic rings. The van der Waals surface area contributed by atoms with Gasteiger partial charge in [0.15, 0.2) is 11.9 Å². The Bertz CT molecular complexity index is 701. The van der Waals surface area contributed by atoms with Crippen LogP contribution in [0.2, 0.25) is 0 Å². The molecule has 1 aromatic heterocycles. The van der Waals surface area contributed by atoms with Gasteiger partial charge in [-0.2, -0.15) is 0 Å². The summed E-state index contributed by atoms with van der Waals surface area (Å²) in [5, 5.41) is 0.576. The number of oxazole rings is 1. The summed E-state index contributed by atoms with van der Waals surface area (Å²) in [6.07, 6.45) is 17.4. The minimum absolute atomic E-state index is 0.179. The van der Waals surface area contributed by atoms with Gasteiger partial charge in [-0.1, -0.05) is 113 Å². The Morgan fingerprint density at radius 1 is 0.967 bits per heavy atom. The minimum Gasteiger partial charge on any atom is -0.449 e. The Hall–Kier alpha value is -1.75. The second-order valence-corrected chi connectivity index (χ2v) is 8.56. The second-order valence-electron chi connectivity index (χ2n) is 7.80. The fraction of sp³-hybridized carbons (Fsp3) is 0.600. The molecule has 1 aromatic carbocycles. The van der Waals surface area contributed by atoms with Crippen LogP contribution in [-0.4, -0.2) is 17.2 Å². The maximum Gasteiger partial charge on any atom is 0.306 e. The van der Waals surface area contributed by atoms with Gasteiger partial charge >= 0.3 is 5.97 Å². The molecular weight excluding hydrogens is 394 g/mol. The molecule has 2 rings (SSSR count). The Morgan fingerprint density at radius 3 is 2.13 bits per heavy atom. The van der Waals surface area contributed by atoms with Crippen molar-refractivity contribution in [2.75, 3.05) is 6.26 Å². The molecule has 0 saturated carbocycles. The molecule has 0 aliphatic heterocycles. The topological polar surface area (TPSA) is 52.3 Å². The number of hydrogen-bond acceptors (Lipinski definition) is 5. The highest BCUT2D eigenvalue weighted by molar-refractivity contribution is 7.98. The predicted molar refractivity (Wildman–Crippen MR) is 124 cm³/mol. The summed E-state index contributed by atoms with van der Waals surface area (Å²) >= 11 is 1.43. The molecule has 0 amide bonds. The molecule has 0 N–H and O–H groups in total. The highest BCUT2D eigenvalue weighted by atomic mass is 32.2. The molecule has 0 radical (unpaired) electrons. The van der Waals surface area contributed by atoms with E-state index in [4.69, 9.17) is 9.15 Å². The summed E-state index contributed by atoms with van der Waals surface area (Å²) < 4.78 is 11.5. The molecule has 30 heavy (non-hydrogen) atoms. The Balaban J connectivity index is 1.67. The number of unbranched alkanes of at least 4 members (excludes halogenated alkanes) is 10. The van der Waals surface area contributed by atoms with Gasteiger partial charge in [0.1, 0.15) is 0 Å². The molecule has 0 saturated heterocycles. The number of rotatable bonds is 16. The van der Waals surface area contributed by atoms with Crippen molar-refractivity contribution in [2.24, 2.45) is 0 Å². The molecule has 1 atom stereocenters. The van der Waals surface area contributed by atoms with Gasteiger partial charge in [0, 0.05) is 12.0 Å². The van der Waals surface area contributed by atoms with Crippen molar-refractivity contribution >= 4 is 17.7 Å². The zero-order chi connectivity index (χ0) is 21.4. The summed E-state index contributed by atoms with van der Waals surface area (Å²) in [6.45, 7) is 2.26. The van der Waals surface area contributed by atoms with Crippen LogP contribution < -0.4 is 0 Å². The number of aromatic nitrogens is 1. The SMILES string of the molecule is CCCCCCCCCCCCCC(=O)OC(c1ccccc1)c1cnc(SC)o1. The number of hydrogen-bond donors (Lipinski definition) is 0. The van der Waals surface area contributed by atoms with E-state index in [0.29, 0.717) is 17.4 Å². The van der Waals surface area contributed by atoms with E-state index >= 15 is 0 Å². The molecule has 5 heteroatoms. The number of carbonyl (C=O) groups is 1.